The number of aromatic amines is 2. The Morgan fingerprint density at radius 1 is 0.926 bits per heavy atom. The van der Waals surface area contributed by atoms with Crippen LogP contribution < -0.4 is 60.9 Å². The van der Waals surface area contributed by atoms with Gasteiger partial charge in [-0.05, 0) is 30.7 Å². The SMILES string of the molecule is COc1cnc2[nH]cc(C)c2c1.COc1cnc2[nH]ccc2c1.II.[K+].[OH-]. The maximum absolute atomic E-state index is 5.07. The van der Waals surface area contributed by atoms with Crippen LogP contribution in [-0.2, 0) is 0 Å². The third kappa shape index (κ3) is 7.42. The minimum Gasteiger partial charge on any atom is -0.870 e. The molecule has 7 nitrogen and oxygen atoms in total. The number of rotatable bonds is 2. The number of H-pyrrole nitrogens is 2. The first kappa shape index (κ1) is 27.0. The van der Waals surface area contributed by atoms with Crippen LogP contribution in [0.15, 0.2) is 43.0 Å². The van der Waals surface area contributed by atoms with Gasteiger partial charge in [0.15, 0.2) is 0 Å². The van der Waals surface area contributed by atoms with Crippen molar-refractivity contribution in [2.45, 2.75) is 6.92 Å². The Kier molecular flexibility index (Phi) is 14.1. The van der Waals surface area contributed by atoms with E-state index in [1.807, 2.05) is 37.5 Å². The standard InChI is InChI=1S/C9H10N2O.C8H8N2O.I2.K.H2O/c1-6-4-10-9-8(6)3-7(12-2)5-11-9;1-11-7-4-6-2-3-9-8(6)10-5-7;1-2;;/h3-5H,1-2H3,(H,10,11);2-5H,1H3,(H,9,10);;;1H2/q;;;+1;/p-1. The van der Waals surface area contributed by atoms with Gasteiger partial charge in [-0.2, -0.15) is 0 Å². The first-order valence-electron chi connectivity index (χ1n) is 7.30. The van der Waals surface area contributed by atoms with Gasteiger partial charge in [-0.25, -0.2) is 9.97 Å². The Hall–Kier alpha value is 0.0364. The van der Waals surface area contributed by atoms with Crippen molar-refractivity contribution < 1.29 is 66.3 Å². The van der Waals surface area contributed by atoms with Crippen molar-refractivity contribution in [2.75, 3.05) is 14.2 Å². The molecule has 10 heteroatoms. The van der Waals surface area contributed by atoms with Crippen LogP contribution >= 0.6 is 37.2 Å². The molecule has 3 N–H and O–H groups in total. The molecule has 0 saturated carbocycles. The van der Waals surface area contributed by atoms with Crippen LogP contribution in [-0.4, -0.2) is 39.6 Å². The summed E-state index contributed by atoms with van der Waals surface area (Å²) in [5.41, 5.74) is 3.00. The number of ether oxygens (including phenoxy) is 2. The zero-order valence-corrected chi connectivity index (χ0v) is 22.9. The molecule has 0 spiro atoms. The second kappa shape index (κ2) is 14.1. The van der Waals surface area contributed by atoms with Gasteiger partial charge in [-0.3, -0.25) is 0 Å². The fourth-order valence-electron chi connectivity index (χ4n) is 2.26. The molecule has 0 aliphatic heterocycles. The fraction of sp³-hybridized carbons (Fsp3) is 0.176. The van der Waals surface area contributed by atoms with Crippen molar-refractivity contribution >= 4 is 59.3 Å². The number of aromatic nitrogens is 4. The molecular formula is C17H19I2KN4O3. The van der Waals surface area contributed by atoms with Gasteiger partial charge in [0, 0.05) is 60.4 Å². The summed E-state index contributed by atoms with van der Waals surface area (Å²) in [5, 5.41) is 2.19. The van der Waals surface area contributed by atoms with Crippen LogP contribution in [0.3, 0.4) is 0 Å². The Labute approximate surface area is 223 Å². The van der Waals surface area contributed by atoms with E-state index in [1.54, 1.807) is 26.6 Å². The number of pyridine rings is 2. The predicted octanol–water partition coefficient (Wildman–Crippen LogP) is 2.05. The Balaban J connectivity index is 0.000000431. The molecule has 4 aromatic rings. The molecule has 140 valence electrons. The van der Waals surface area contributed by atoms with Gasteiger partial charge in [-0.1, -0.05) is 0 Å². The number of hydrogen-bond acceptors (Lipinski definition) is 5. The molecule has 0 aromatic carbocycles. The van der Waals surface area contributed by atoms with Crippen LogP contribution in [0, 0.1) is 6.92 Å². The second-order valence-electron chi connectivity index (χ2n) is 5.03. The van der Waals surface area contributed by atoms with E-state index in [0.717, 1.165) is 33.6 Å². The van der Waals surface area contributed by atoms with E-state index in [0.29, 0.717) is 0 Å². The molecule has 4 aromatic heterocycles. The first-order valence-corrected chi connectivity index (χ1v) is 13.6. The molecule has 0 fully saturated rings. The summed E-state index contributed by atoms with van der Waals surface area (Å²) in [7, 11) is 3.28. The molecule has 0 aliphatic rings. The summed E-state index contributed by atoms with van der Waals surface area (Å²) < 4.78 is 10.1. The summed E-state index contributed by atoms with van der Waals surface area (Å²) in [6.07, 6.45) is 7.20. The van der Waals surface area contributed by atoms with Gasteiger partial charge < -0.3 is 24.9 Å². The van der Waals surface area contributed by atoms with Crippen LogP contribution in [0.2, 0.25) is 0 Å². The van der Waals surface area contributed by atoms with Crippen LogP contribution in [0.1, 0.15) is 5.56 Å². The number of aryl methyl sites for hydroxylation is 1. The van der Waals surface area contributed by atoms with Gasteiger partial charge >= 0.3 is 51.4 Å². The van der Waals surface area contributed by atoms with E-state index < -0.39 is 0 Å². The zero-order valence-electron chi connectivity index (χ0n) is 15.5. The molecule has 0 unspecified atom stereocenters. The average Bonchev–Trinajstić information content (AvgIpc) is 3.29. The summed E-state index contributed by atoms with van der Waals surface area (Å²) >= 11 is 4.24. The first-order chi connectivity index (χ1) is 12.2. The summed E-state index contributed by atoms with van der Waals surface area (Å²) in [6, 6.07) is 5.89. The van der Waals surface area contributed by atoms with Gasteiger partial charge in [-0.15, -0.1) is 0 Å². The van der Waals surface area contributed by atoms with E-state index in [1.165, 1.54) is 5.56 Å². The molecule has 4 rings (SSSR count). The third-order valence-corrected chi connectivity index (χ3v) is 3.56. The number of nitrogens with one attached hydrogen (secondary N) is 2. The Morgan fingerprint density at radius 3 is 2.15 bits per heavy atom. The maximum atomic E-state index is 5.07. The average molecular weight is 620 g/mol. The molecule has 27 heavy (non-hydrogen) atoms. The minimum absolute atomic E-state index is 0. The van der Waals surface area contributed by atoms with Gasteiger partial charge in [0.05, 0.1) is 26.6 Å². The molecule has 0 saturated heterocycles. The van der Waals surface area contributed by atoms with Crippen molar-refractivity contribution in [3.63, 3.8) is 0 Å². The van der Waals surface area contributed by atoms with E-state index in [4.69, 9.17) is 9.47 Å². The molecule has 4 heterocycles. The van der Waals surface area contributed by atoms with E-state index in [2.05, 4.69) is 57.2 Å². The predicted molar refractivity (Wildman–Crippen MR) is 120 cm³/mol. The zero-order chi connectivity index (χ0) is 18.2. The van der Waals surface area contributed by atoms with E-state index in [-0.39, 0.29) is 56.9 Å². The largest absolute Gasteiger partial charge is 1.00 e. The van der Waals surface area contributed by atoms with Crippen LogP contribution in [0.5, 0.6) is 11.5 Å². The molecular weight excluding hydrogens is 601 g/mol. The Bertz CT molecular complexity index is 946. The second-order valence-corrected chi connectivity index (χ2v) is 5.03. The third-order valence-electron chi connectivity index (χ3n) is 3.56. The molecule has 0 bridgehead atoms. The Morgan fingerprint density at radius 2 is 1.52 bits per heavy atom. The number of methoxy groups -OCH3 is 2. The summed E-state index contributed by atoms with van der Waals surface area (Å²) in [6.45, 7) is 2.04. The fourth-order valence-corrected chi connectivity index (χ4v) is 2.26. The molecule has 0 aliphatic carbocycles. The van der Waals surface area contributed by atoms with Gasteiger partial charge in [0.1, 0.15) is 22.8 Å². The van der Waals surface area contributed by atoms with Gasteiger partial charge in [0.25, 0.3) is 0 Å². The normalized spacial score (nSPS) is 9.07. The number of hydrogen-bond donors (Lipinski definition) is 2. The molecule has 0 amide bonds. The monoisotopic (exact) mass is 620 g/mol. The number of fused-ring (bicyclic) bond motifs is 2. The van der Waals surface area contributed by atoms with Crippen molar-refractivity contribution in [1.29, 1.82) is 0 Å². The van der Waals surface area contributed by atoms with Crippen molar-refractivity contribution in [2.24, 2.45) is 0 Å². The number of nitrogens with zero attached hydrogens (tertiary/aromatic N) is 2. The summed E-state index contributed by atoms with van der Waals surface area (Å²) in [5.74, 6) is 1.59. The van der Waals surface area contributed by atoms with Crippen molar-refractivity contribution in [1.82, 2.24) is 19.9 Å². The van der Waals surface area contributed by atoms with Crippen molar-refractivity contribution in [3.05, 3.63) is 48.5 Å². The van der Waals surface area contributed by atoms with Crippen molar-refractivity contribution in [3.8, 4) is 11.5 Å². The topological polar surface area (TPSA) is 106 Å². The maximum Gasteiger partial charge on any atom is 1.00 e. The van der Waals surface area contributed by atoms with Gasteiger partial charge in [0.2, 0.25) is 0 Å². The summed E-state index contributed by atoms with van der Waals surface area (Å²) in [4.78, 5) is 14.4. The number of halogens is 2. The minimum atomic E-state index is 0. The van der Waals surface area contributed by atoms with E-state index in [9.17, 15) is 0 Å². The van der Waals surface area contributed by atoms with Crippen LogP contribution in [0.25, 0.3) is 22.1 Å². The quantitative estimate of drug-likeness (QED) is 0.264. The molecule has 0 radical (unpaired) electrons. The van der Waals surface area contributed by atoms with Crippen LogP contribution in [0.4, 0.5) is 0 Å². The smallest absolute Gasteiger partial charge is 0.870 e. The molecule has 0 atom stereocenters. The van der Waals surface area contributed by atoms with E-state index >= 15 is 0 Å².